The van der Waals surface area contributed by atoms with Crippen LogP contribution >= 0.6 is 24.0 Å². The highest BCUT2D eigenvalue weighted by molar-refractivity contribution is 7.80. The lowest BCUT2D eigenvalue weighted by Crippen LogP contribution is -2.31. The minimum Gasteiger partial charge on any atom is -0.480 e. The number of aliphatic carboxylic acids is 1. The van der Waals surface area contributed by atoms with E-state index >= 15 is 0 Å². The average molecular weight is 256 g/mol. The summed E-state index contributed by atoms with van der Waals surface area (Å²) in [5.41, 5.74) is 7.91. The molecule has 0 aliphatic heterocycles. The molecule has 2 aromatic rings. The molecule has 0 spiro atoms. The fourth-order valence-electron chi connectivity index (χ4n) is 0.881. The number of para-hydroxylation sites is 1. The van der Waals surface area contributed by atoms with E-state index in [1.165, 1.54) is 4.70 Å². The first-order valence-corrected chi connectivity index (χ1v) is 6.04. The molecule has 0 aliphatic rings. The maximum atomic E-state index is 9.76. The van der Waals surface area contributed by atoms with Crippen molar-refractivity contribution in [2.75, 3.05) is 5.75 Å². The van der Waals surface area contributed by atoms with Crippen molar-refractivity contribution in [2.45, 2.75) is 6.04 Å². The van der Waals surface area contributed by atoms with E-state index in [2.05, 4.69) is 23.7 Å². The third kappa shape index (κ3) is 3.80. The molecule has 1 unspecified atom stereocenters. The highest BCUT2D eigenvalue weighted by Crippen LogP contribution is 2.15. The van der Waals surface area contributed by atoms with Crippen LogP contribution in [0, 0.1) is 0 Å². The zero-order chi connectivity index (χ0) is 12.0. The van der Waals surface area contributed by atoms with Gasteiger partial charge < -0.3 is 10.8 Å². The molecule has 1 atom stereocenters. The Morgan fingerprint density at radius 3 is 2.75 bits per heavy atom. The average Bonchev–Trinajstić information content (AvgIpc) is 2.76. The first kappa shape index (κ1) is 13.0. The van der Waals surface area contributed by atoms with Crippen molar-refractivity contribution in [3.05, 3.63) is 29.8 Å². The largest absolute Gasteiger partial charge is 0.480 e. The first-order valence-electron chi connectivity index (χ1n) is 4.52. The molecule has 0 fully saturated rings. The molecule has 0 radical (unpaired) electrons. The maximum absolute atomic E-state index is 9.76. The van der Waals surface area contributed by atoms with Gasteiger partial charge in [0.1, 0.15) is 6.04 Å². The van der Waals surface area contributed by atoms with Gasteiger partial charge in [-0.1, -0.05) is 12.1 Å². The third-order valence-corrected chi connectivity index (χ3v) is 2.95. The Labute approximate surface area is 103 Å². The number of hydrogen-bond acceptors (Lipinski definition) is 5. The number of benzene rings is 1. The van der Waals surface area contributed by atoms with E-state index in [4.69, 9.17) is 10.8 Å². The number of hydrogen-bond donors (Lipinski definition) is 3. The standard InChI is InChI=1S/C7H5NS.C3H7NO2S/c1-2-4-7-6(3-1)8-5-9-7;4-2(1-7)3(5)6/h1-5H;2,7H,1,4H2,(H,5,6). The second-order valence-electron chi connectivity index (χ2n) is 2.95. The normalized spacial score (nSPS) is 11.6. The molecule has 0 aliphatic carbocycles. The summed E-state index contributed by atoms with van der Waals surface area (Å²) in [5, 5.41) is 8.01. The molecule has 0 saturated heterocycles. The number of aromatic nitrogens is 1. The van der Waals surface area contributed by atoms with Gasteiger partial charge >= 0.3 is 5.97 Å². The number of carboxylic acids is 1. The smallest absolute Gasteiger partial charge is 0.321 e. The Morgan fingerprint density at radius 2 is 2.25 bits per heavy atom. The molecule has 6 heteroatoms. The highest BCUT2D eigenvalue weighted by atomic mass is 32.1. The van der Waals surface area contributed by atoms with Gasteiger partial charge in [-0.15, -0.1) is 11.3 Å². The molecule has 86 valence electrons. The quantitative estimate of drug-likeness (QED) is 0.714. The lowest BCUT2D eigenvalue weighted by atomic mass is 10.3. The van der Waals surface area contributed by atoms with Crippen LogP contribution in [0.1, 0.15) is 0 Å². The summed E-state index contributed by atoms with van der Waals surface area (Å²) in [7, 11) is 0. The van der Waals surface area contributed by atoms with E-state index in [-0.39, 0.29) is 5.75 Å². The van der Waals surface area contributed by atoms with Crippen LogP contribution in [0.5, 0.6) is 0 Å². The lowest BCUT2D eigenvalue weighted by molar-refractivity contribution is -0.137. The number of nitrogens with two attached hydrogens (primary N) is 1. The summed E-state index contributed by atoms with van der Waals surface area (Å²) < 4.78 is 1.26. The van der Waals surface area contributed by atoms with Crippen LogP contribution in [0.4, 0.5) is 0 Å². The van der Waals surface area contributed by atoms with Gasteiger partial charge in [-0.2, -0.15) is 12.6 Å². The summed E-state index contributed by atoms with van der Waals surface area (Å²) in [6.07, 6.45) is 0. The first-order chi connectivity index (χ1) is 7.65. The molecule has 4 nitrogen and oxygen atoms in total. The van der Waals surface area contributed by atoms with Crippen LogP contribution in [0.25, 0.3) is 10.2 Å². The predicted molar refractivity (Wildman–Crippen MR) is 69.1 cm³/mol. The van der Waals surface area contributed by atoms with E-state index in [1.807, 2.05) is 23.7 Å². The minimum atomic E-state index is -1.00. The summed E-state index contributed by atoms with van der Waals surface area (Å²) in [4.78, 5) is 13.9. The van der Waals surface area contributed by atoms with Crippen LogP contribution in [0.2, 0.25) is 0 Å². The van der Waals surface area contributed by atoms with E-state index in [9.17, 15) is 4.79 Å². The van der Waals surface area contributed by atoms with Gasteiger partial charge in [0, 0.05) is 5.75 Å². The number of thiazole rings is 1. The number of rotatable bonds is 2. The Balaban J connectivity index is 0.000000168. The topological polar surface area (TPSA) is 76.2 Å². The third-order valence-electron chi connectivity index (χ3n) is 1.75. The Bertz CT molecular complexity index is 429. The summed E-state index contributed by atoms with van der Waals surface area (Å²) >= 11 is 5.33. The molecule has 0 saturated carbocycles. The van der Waals surface area contributed by atoms with E-state index < -0.39 is 12.0 Å². The van der Waals surface area contributed by atoms with Crippen LogP contribution in [0.15, 0.2) is 29.8 Å². The van der Waals surface area contributed by atoms with Crippen molar-refractivity contribution in [3.63, 3.8) is 0 Å². The molecule has 0 bridgehead atoms. The second-order valence-corrected chi connectivity index (χ2v) is 4.20. The van der Waals surface area contributed by atoms with Crippen molar-refractivity contribution < 1.29 is 9.90 Å². The van der Waals surface area contributed by atoms with Gasteiger partial charge in [-0.05, 0) is 12.1 Å². The fraction of sp³-hybridized carbons (Fsp3) is 0.200. The molecule has 16 heavy (non-hydrogen) atoms. The summed E-state index contributed by atoms with van der Waals surface area (Å²) in [6, 6.07) is 7.31. The SMILES string of the molecule is NC(CS)C(=O)O.c1ccc2scnc2c1. The molecule has 2 rings (SSSR count). The zero-order valence-corrected chi connectivity index (χ0v) is 10.1. The van der Waals surface area contributed by atoms with Crippen LogP contribution in [-0.2, 0) is 4.79 Å². The summed E-state index contributed by atoms with van der Waals surface area (Å²) in [5.74, 6) is -0.815. The van der Waals surface area contributed by atoms with Crippen LogP contribution in [0.3, 0.4) is 0 Å². The molecular formula is C10H12N2O2S2. The van der Waals surface area contributed by atoms with Crippen molar-refractivity contribution in [2.24, 2.45) is 5.73 Å². The molecule has 1 aromatic carbocycles. The van der Waals surface area contributed by atoms with Crippen LogP contribution in [-0.4, -0.2) is 27.9 Å². The van der Waals surface area contributed by atoms with E-state index in [0.29, 0.717) is 0 Å². The van der Waals surface area contributed by atoms with Crippen molar-refractivity contribution in [1.82, 2.24) is 4.98 Å². The lowest BCUT2D eigenvalue weighted by Gasteiger charge is -1.96. The minimum absolute atomic E-state index is 0.190. The number of carboxylic acid groups (broad SMARTS) is 1. The second kappa shape index (κ2) is 6.47. The van der Waals surface area contributed by atoms with Gasteiger partial charge in [-0.3, -0.25) is 4.79 Å². The van der Waals surface area contributed by atoms with E-state index in [0.717, 1.165) is 5.52 Å². The number of thiol groups is 1. The van der Waals surface area contributed by atoms with Gasteiger partial charge in [0.05, 0.1) is 15.7 Å². The molecule has 0 amide bonds. The van der Waals surface area contributed by atoms with E-state index in [1.54, 1.807) is 11.3 Å². The maximum Gasteiger partial charge on any atom is 0.321 e. The highest BCUT2D eigenvalue weighted by Gasteiger charge is 2.06. The number of fused-ring (bicyclic) bond motifs is 1. The van der Waals surface area contributed by atoms with Crippen molar-refractivity contribution >= 4 is 40.2 Å². The zero-order valence-electron chi connectivity index (χ0n) is 8.41. The monoisotopic (exact) mass is 256 g/mol. The molecule has 3 N–H and O–H groups in total. The number of nitrogens with zero attached hydrogens (tertiary/aromatic N) is 1. The molecule has 1 heterocycles. The Kier molecular flexibility index (Phi) is 5.24. The van der Waals surface area contributed by atoms with Crippen molar-refractivity contribution in [1.29, 1.82) is 0 Å². The Hall–Kier alpha value is -1.11. The van der Waals surface area contributed by atoms with Gasteiger partial charge in [0.15, 0.2) is 0 Å². The number of carbonyl (C=O) groups is 1. The molecule has 1 aromatic heterocycles. The van der Waals surface area contributed by atoms with Gasteiger partial charge in [0.25, 0.3) is 0 Å². The van der Waals surface area contributed by atoms with Gasteiger partial charge in [0.2, 0.25) is 0 Å². The predicted octanol–water partition coefficient (Wildman–Crippen LogP) is 1.62. The van der Waals surface area contributed by atoms with Gasteiger partial charge in [-0.25, -0.2) is 4.98 Å². The summed E-state index contributed by atoms with van der Waals surface area (Å²) in [6.45, 7) is 0. The Morgan fingerprint density at radius 1 is 1.56 bits per heavy atom. The van der Waals surface area contributed by atoms with Crippen LogP contribution < -0.4 is 5.73 Å². The van der Waals surface area contributed by atoms with Crippen molar-refractivity contribution in [3.8, 4) is 0 Å². The molecular weight excluding hydrogens is 244 g/mol. The fourth-order valence-corrected chi connectivity index (χ4v) is 1.72.